The van der Waals surface area contributed by atoms with Gasteiger partial charge in [0.25, 0.3) is 0 Å². The third kappa shape index (κ3) is 4.51. The molecule has 2 rings (SSSR count). The van der Waals surface area contributed by atoms with Crippen molar-refractivity contribution >= 4 is 16.9 Å². The molecule has 26 heavy (non-hydrogen) atoms. The summed E-state index contributed by atoms with van der Waals surface area (Å²) < 4.78 is 5.22. The van der Waals surface area contributed by atoms with Crippen LogP contribution in [0.15, 0.2) is 24.3 Å². The topological polar surface area (TPSA) is 91.7 Å². The average molecular weight is 360 g/mol. The number of phenols is 1. The van der Waals surface area contributed by atoms with Crippen molar-refractivity contribution in [2.45, 2.75) is 59.2 Å². The number of benzene rings is 1. The van der Waals surface area contributed by atoms with Gasteiger partial charge in [0.2, 0.25) is 5.88 Å². The molecule has 1 aromatic heterocycles. The molecule has 0 aliphatic rings. The highest BCUT2D eigenvalue weighted by atomic mass is 16.5. The summed E-state index contributed by atoms with van der Waals surface area (Å²) in [5.41, 5.74) is 0.974. The van der Waals surface area contributed by atoms with E-state index < -0.39 is 6.10 Å². The number of fused-ring (bicyclic) bond motifs is 1. The molecule has 0 amide bonds. The predicted molar refractivity (Wildman–Crippen MR) is 101 cm³/mol. The lowest BCUT2D eigenvalue weighted by Crippen LogP contribution is -2.38. The molecule has 1 heterocycles. The standard InChI is InChI=1S/C20H28N2O4/c1-6-15(21-12(4)5)19(24)14-7-9-16(23)18-13(14)8-10-17(22-18)26-20(25)11(2)3/h7-12,15,19,21,23-24H,6H2,1-5H3. The Balaban J connectivity index is 2.43. The number of hydrogen-bond donors (Lipinski definition) is 3. The lowest BCUT2D eigenvalue weighted by molar-refractivity contribution is -0.138. The summed E-state index contributed by atoms with van der Waals surface area (Å²) in [5, 5.41) is 25.0. The minimum atomic E-state index is -0.753. The fraction of sp³-hybridized carbons (Fsp3) is 0.500. The van der Waals surface area contributed by atoms with E-state index in [2.05, 4.69) is 10.3 Å². The summed E-state index contributed by atoms with van der Waals surface area (Å²) in [4.78, 5) is 16.0. The number of nitrogens with zero attached hydrogens (tertiary/aromatic N) is 1. The molecule has 0 radical (unpaired) electrons. The fourth-order valence-corrected chi connectivity index (χ4v) is 2.82. The molecule has 0 spiro atoms. The van der Waals surface area contributed by atoms with Gasteiger partial charge < -0.3 is 20.3 Å². The van der Waals surface area contributed by atoms with Crippen molar-refractivity contribution in [3.63, 3.8) is 0 Å². The Labute approximate surface area is 154 Å². The number of phenolic OH excluding ortho intramolecular Hbond substituents is 1. The Morgan fingerprint density at radius 1 is 1.19 bits per heavy atom. The molecular formula is C20H28N2O4. The summed E-state index contributed by atoms with van der Waals surface area (Å²) in [6, 6.07) is 6.61. The number of aliphatic hydroxyl groups is 1. The van der Waals surface area contributed by atoms with E-state index in [0.717, 1.165) is 6.42 Å². The smallest absolute Gasteiger partial charge is 0.315 e. The molecule has 2 aromatic rings. The first-order valence-corrected chi connectivity index (χ1v) is 9.03. The van der Waals surface area contributed by atoms with Gasteiger partial charge in [0.05, 0.1) is 12.0 Å². The van der Waals surface area contributed by atoms with Gasteiger partial charge in [-0.1, -0.05) is 40.7 Å². The van der Waals surface area contributed by atoms with Crippen LogP contribution in [0.3, 0.4) is 0 Å². The van der Waals surface area contributed by atoms with Gasteiger partial charge in [-0.05, 0) is 24.1 Å². The third-order valence-electron chi connectivity index (χ3n) is 4.21. The monoisotopic (exact) mass is 360 g/mol. The average Bonchev–Trinajstić information content (AvgIpc) is 2.59. The summed E-state index contributed by atoms with van der Waals surface area (Å²) in [6.07, 6.45) is -0.00413. The summed E-state index contributed by atoms with van der Waals surface area (Å²) in [6.45, 7) is 9.54. The Kier molecular flexibility index (Phi) is 6.56. The number of esters is 1. The van der Waals surface area contributed by atoms with Gasteiger partial charge in [-0.15, -0.1) is 0 Å². The minimum Gasteiger partial charge on any atom is -0.506 e. The number of rotatable bonds is 7. The van der Waals surface area contributed by atoms with Crippen LogP contribution in [0.1, 0.15) is 52.7 Å². The molecule has 2 unspecified atom stereocenters. The molecule has 6 nitrogen and oxygen atoms in total. The highest BCUT2D eigenvalue weighted by molar-refractivity contribution is 5.88. The predicted octanol–water partition coefficient (Wildman–Crippen LogP) is 3.31. The number of hydrogen-bond acceptors (Lipinski definition) is 6. The first-order chi connectivity index (χ1) is 12.2. The summed E-state index contributed by atoms with van der Waals surface area (Å²) >= 11 is 0. The van der Waals surface area contributed by atoms with E-state index >= 15 is 0 Å². The normalized spacial score (nSPS) is 14.0. The molecule has 0 bridgehead atoms. The first kappa shape index (κ1) is 20.1. The molecule has 0 saturated heterocycles. The number of ether oxygens (including phenoxy) is 1. The van der Waals surface area contributed by atoms with Crippen molar-refractivity contribution in [1.29, 1.82) is 0 Å². The van der Waals surface area contributed by atoms with Crippen LogP contribution >= 0.6 is 0 Å². The highest BCUT2D eigenvalue weighted by Gasteiger charge is 2.23. The van der Waals surface area contributed by atoms with E-state index in [-0.39, 0.29) is 35.6 Å². The van der Waals surface area contributed by atoms with Gasteiger partial charge in [0.15, 0.2) is 0 Å². The van der Waals surface area contributed by atoms with Crippen molar-refractivity contribution < 1.29 is 19.7 Å². The van der Waals surface area contributed by atoms with Crippen LogP contribution in [0, 0.1) is 5.92 Å². The lowest BCUT2D eigenvalue weighted by Gasteiger charge is -2.26. The Hall–Kier alpha value is -2.18. The second-order valence-electron chi connectivity index (χ2n) is 7.08. The van der Waals surface area contributed by atoms with Crippen LogP contribution < -0.4 is 10.1 Å². The molecule has 0 aliphatic carbocycles. The second-order valence-corrected chi connectivity index (χ2v) is 7.08. The second kappa shape index (κ2) is 8.47. The van der Waals surface area contributed by atoms with Crippen LogP contribution in [-0.2, 0) is 4.79 Å². The van der Waals surface area contributed by atoms with Gasteiger partial charge in [-0.25, -0.2) is 4.98 Å². The van der Waals surface area contributed by atoms with Crippen LogP contribution in [0.2, 0.25) is 0 Å². The van der Waals surface area contributed by atoms with Crippen LogP contribution in [0.5, 0.6) is 11.6 Å². The maximum atomic E-state index is 11.8. The highest BCUT2D eigenvalue weighted by Crippen LogP contribution is 2.33. The zero-order valence-electron chi connectivity index (χ0n) is 16.0. The SMILES string of the molecule is CCC(NC(C)C)C(O)c1ccc(O)c2nc(OC(=O)C(C)C)ccc12. The Morgan fingerprint density at radius 2 is 1.88 bits per heavy atom. The van der Waals surface area contributed by atoms with E-state index in [1.54, 1.807) is 32.0 Å². The number of nitrogens with one attached hydrogen (secondary N) is 1. The maximum absolute atomic E-state index is 11.8. The largest absolute Gasteiger partial charge is 0.506 e. The first-order valence-electron chi connectivity index (χ1n) is 9.03. The van der Waals surface area contributed by atoms with Crippen molar-refractivity contribution in [3.05, 3.63) is 29.8 Å². The number of aromatic hydroxyl groups is 1. The zero-order valence-corrected chi connectivity index (χ0v) is 16.0. The van der Waals surface area contributed by atoms with Crippen molar-refractivity contribution in [1.82, 2.24) is 10.3 Å². The van der Waals surface area contributed by atoms with E-state index in [1.165, 1.54) is 6.07 Å². The van der Waals surface area contributed by atoms with E-state index in [9.17, 15) is 15.0 Å². The van der Waals surface area contributed by atoms with E-state index in [1.807, 2.05) is 20.8 Å². The molecule has 0 fully saturated rings. The molecule has 6 heteroatoms. The number of pyridine rings is 1. The Morgan fingerprint density at radius 3 is 2.46 bits per heavy atom. The zero-order chi connectivity index (χ0) is 19.4. The van der Waals surface area contributed by atoms with Gasteiger partial charge >= 0.3 is 5.97 Å². The van der Waals surface area contributed by atoms with Crippen molar-refractivity contribution in [2.75, 3.05) is 0 Å². The molecular weight excluding hydrogens is 332 g/mol. The van der Waals surface area contributed by atoms with Crippen LogP contribution in [0.4, 0.5) is 0 Å². The van der Waals surface area contributed by atoms with E-state index in [4.69, 9.17) is 4.74 Å². The van der Waals surface area contributed by atoms with Gasteiger partial charge in [-0.2, -0.15) is 0 Å². The van der Waals surface area contributed by atoms with Crippen molar-refractivity contribution in [2.24, 2.45) is 5.92 Å². The van der Waals surface area contributed by atoms with Gasteiger partial charge in [0.1, 0.15) is 11.3 Å². The van der Waals surface area contributed by atoms with Gasteiger partial charge in [-0.3, -0.25) is 4.79 Å². The number of aromatic nitrogens is 1. The van der Waals surface area contributed by atoms with Crippen molar-refractivity contribution in [3.8, 4) is 11.6 Å². The number of carbonyl (C=O) groups excluding carboxylic acids is 1. The summed E-state index contributed by atoms with van der Waals surface area (Å²) in [7, 11) is 0. The summed E-state index contributed by atoms with van der Waals surface area (Å²) in [5.74, 6) is -0.560. The molecule has 3 N–H and O–H groups in total. The van der Waals surface area contributed by atoms with E-state index in [0.29, 0.717) is 16.5 Å². The fourth-order valence-electron chi connectivity index (χ4n) is 2.82. The molecule has 2 atom stereocenters. The molecule has 0 aliphatic heterocycles. The molecule has 142 valence electrons. The minimum absolute atomic E-state index is 0.0248. The third-order valence-corrected chi connectivity index (χ3v) is 4.21. The maximum Gasteiger partial charge on any atom is 0.315 e. The Bertz CT molecular complexity index is 774. The van der Waals surface area contributed by atoms with Crippen LogP contribution in [0.25, 0.3) is 10.9 Å². The molecule has 1 aromatic carbocycles. The van der Waals surface area contributed by atoms with Crippen LogP contribution in [-0.4, -0.2) is 33.3 Å². The molecule has 0 saturated carbocycles. The number of carbonyl (C=O) groups is 1. The lowest BCUT2D eigenvalue weighted by atomic mass is 9.95. The number of aliphatic hydroxyl groups excluding tert-OH is 1. The quantitative estimate of drug-likeness (QED) is 0.656. The van der Waals surface area contributed by atoms with Gasteiger partial charge in [0, 0.05) is 23.5 Å².